The Labute approximate surface area is 60.3 Å². The highest BCUT2D eigenvalue weighted by molar-refractivity contribution is 5.98. The van der Waals surface area contributed by atoms with Gasteiger partial charge >= 0.3 is 0 Å². The summed E-state index contributed by atoms with van der Waals surface area (Å²) in [4.78, 5) is 10.9. The topological polar surface area (TPSA) is 53.0 Å². The highest BCUT2D eigenvalue weighted by Crippen LogP contribution is 2.18. The van der Waals surface area contributed by atoms with Gasteiger partial charge < -0.3 is 10.7 Å². The van der Waals surface area contributed by atoms with Crippen molar-refractivity contribution in [3.8, 4) is 0 Å². The fourth-order valence-corrected chi connectivity index (χ4v) is 0.747. The van der Waals surface area contributed by atoms with Crippen LogP contribution in [-0.4, -0.2) is 17.7 Å². The molecule has 1 aliphatic carbocycles. The standard InChI is InChI=1S/C7H12N2O/c1-5(8)4-7(10)9-6-2-3-6/h6,8H,2-4H2,1H3,(H,9,10). The largest absolute Gasteiger partial charge is 0.353 e. The second-order valence-corrected chi connectivity index (χ2v) is 2.80. The Hall–Kier alpha value is -0.860. The van der Waals surface area contributed by atoms with E-state index in [2.05, 4.69) is 5.32 Å². The van der Waals surface area contributed by atoms with Crippen LogP contribution in [0.2, 0.25) is 0 Å². The van der Waals surface area contributed by atoms with Gasteiger partial charge in [-0.3, -0.25) is 4.79 Å². The first-order valence-corrected chi connectivity index (χ1v) is 3.52. The van der Waals surface area contributed by atoms with E-state index >= 15 is 0 Å². The molecule has 0 atom stereocenters. The fourth-order valence-electron chi connectivity index (χ4n) is 0.747. The minimum atomic E-state index is -0.00463. The molecule has 56 valence electrons. The van der Waals surface area contributed by atoms with Crippen molar-refractivity contribution in [3.05, 3.63) is 0 Å². The van der Waals surface area contributed by atoms with Crippen LogP contribution < -0.4 is 5.32 Å². The van der Waals surface area contributed by atoms with Crippen LogP contribution in [0.3, 0.4) is 0 Å². The lowest BCUT2D eigenvalue weighted by Gasteiger charge is -1.99. The first-order chi connectivity index (χ1) is 4.68. The normalized spacial score (nSPS) is 16.5. The molecule has 0 bridgehead atoms. The summed E-state index contributed by atoms with van der Waals surface area (Å²) in [5.41, 5.74) is 0.429. The highest BCUT2D eigenvalue weighted by Gasteiger charge is 2.22. The van der Waals surface area contributed by atoms with Gasteiger partial charge in [0.25, 0.3) is 0 Å². The molecule has 0 spiro atoms. The Morgan fingerprint density at radius 3 is 2.70 bits per heavy atom. The van der Waals surface area contributed by atoms with E-state index in [1.807, 2.05) is 0 Å². The lowest BCUT2D eigenvalue weighted by Crippen LogP contribution is -2.26. The third-order valence-corrected chi connectivity index (χ3v) is 1.37. The van der Waals surface area contributed by atoms with Crippen LogP contribution >= 0.6 is 0 Å². The molecule has 3 heteroatoms. The third-order valence-electron chi connectivity index (χ3n) is 1.37. The monoisotopic (exact) mass is 140 g/mol. The van der Waals surface area contributed by atoms with Gasteiger partial charge in [0.05, 0.1) is 6.42 Å². The van der Waals surface area contributed by atoms with Crippen molar-refractivity contribution in [3.63, 3.8) is 0 Å². The molecule has 1 saturated carbocycles. The number of amides is 1. The van der Waals surface area contributed by atoms with Crippen molar-refractivity contribution in [2.75, 3.05) is 0 Å². The van der Waals surface area contributed by atoms with Crippen LogP contribution in [0, 0.1) is 5.41 Å². The van der Waals surface area contributed by atoms with Gasteiger partial charge in [0.1, 0.15) is 0 Å². The van der Waals surface area contributed by atoms with Crippen molar-refractivity contribution in [2.45, 2.75) is 32.2 Å². The third kappa shape index (κ3) is 2.62. The van der Waals surface area contributed by atoms with Crippen molar-refractivity contribution in [1.29, 1.82) is 5.41 Å². The molecule has 0 saturated heterocycles. The smallest absolute Gasteiger partial charge is 0.225 e. The number of hydrogen-bond acceptors (Lipinski definition) is 2. The molecule has 3 nitrogen and oxygen atoms in total. The van der Waals surface area contributed by atoms with Crippen LogP contribution in [0.25, 0.3) is 0 Å². The second-order valence-electron chi connectivity index (χ2n) is 2.80. The predicted molar refractivity (Wildman–Crippen MR) is 39.2 cm³/mol. The quantitative estimate of drug-likeness (QED) is 0.557. The van der Waals surface area contributed by atoms with Crippen molar-refractivity contribution < 1.29 is 4.79 Å². The average Bonchev–Trinajstić information content (AvgIpc) is 2.46. The second kappa shape index (κ2) is 2.82. The maximum absolute atomic E-state index is 10.9. The van der Waals surface area contributed by atoms with E-state index in [0.29, 0.717) is 11.8 Å². The van der Waals surface area contributed by atoms with Gasteiger partial charge in [-0.05, 0) is 19.8 Å². The Bertz CT molecular complexity index is 161. The molecule has 1 fully saturated rings. The Balaban J connectivity index is 2.14. The number of nitrogens with one attached hydrogen (secondary N) is 2. The summed E-state index contributed by atoms with van der Waals surface area (Å²) in [6, 6.07) is 0.423. The van der Waals surface area contributed by atoms with E-state index in [4.69, 9.17) is 5.41 Å². The fraction of sp³-hybridized carbons (Fsp3) is 0.714. The SMILES string of the molecule is CC(=N)CC(=O)NC1CC1. The first-order valence-electron chi connectivity index (χ1n) is 3.52. The summed E-state index contributed by atoms with van der Waals surface area (Å²) in [5, 5.41) is 9.83. The van der Waals surface area contributed by atoms with E-state index in [1.165, 1.54) is 0 Å². The van der Waals surface area contributed by atoms with Gasteiger partial charge in [-0.1, -0.05) is 0 Å². The molecule has 0 aromatic rings. The summed E-state index contributed by atoms with van der Waals surface area (Å²) in [7, 11) is 0. The zero-order valence-corrected chi connectivity index (χ0v) is 6.11. The molecule has 1 rings (SSSR count). The van der Waals surface area contributed by atoms with Crippen LogP contribution in [-0.2, 0) is 4.79 Å². The summed E-state index contributed by atoms with van der Waals surface area (Å²) >= 11 is 0. The average molecular weight is 140 g/mol. The summed E-state index contributed by atoms with van der Waals surface area (Å²) in [6.07, 6.45) is 2.49. The van der Waals surface area contributed by atoms with Gasteiger partial charge in [-0.25, -0.2) is 0 Å². The zero-order chi connectivity index (χ0) is 7.56. The van der Waals surface area contributed by atoms with Gasteiger partial charge in [0.15, 0.2) is 0 Å². The predicted octanol–water partition coefficient (Wildman–Crippen LogP) is 0.695. The number of rotatable bonds is 3. The van der Waals surface area contributed by atoms with E-state index in [1.54, 1.807) is 6.92 Å². The molecule has 1 amide bonds. The zero-order valence-electron chi connectivity index (χ0n) is 6.11. The highest BCUT2D eigenvalue weighted by atomic mass is 16.1. The molecule has 2 N–H and O–H groups in total. The van der Waals surface area contributed by atoms with Crippen molar-refractivity contribution in [1.82, 2.24) is 5.32 Å². The Morgan fingerprint density at radius 2 is 2.30 bits per heavy atom. The molecule has 0 unspecified atom stereocenters. The van der Waals surface area contributed by atoms with Crippen molar-refractivity contribution in [2.24, 2.45) is 0 Å². The maximum Gasteiger partial charge on any atom is 0.225 e. The lowest BCUT2D eigenvalue weighted by molar-refractivity contribution is -0.120. The van der Waals surface area contributed by atoms with Crippen LogP contribution in [0.4, 0.5) is 0 Å². The van der Waals surface area contributed by atoms with Crippen LogP contribution in [0.1, 0.15) is 26.2 Å². The van der Waals surface area contributed by atoms with Gasteiger partial charge in [-0.2, -0.15) is 0 Å². The molecule has 0 aromatic carbocycles. The number of carbonyl (C=O) groups is 1. The summed E-state index contributed by atoms with van der Waals surface area (Å²) in [6.45, 7) is 1.65. The molecule has 1 aliphatic rings. The Morgan fingerprint density at radius 1 is 1.70 bits per heavy atom. The molecular formula is C7H12N2O. The molecule has 0 aliphatic heterocycles. The minimum absolute atomic E-state index is 0.00463. The van der Waals surface area contributed by atoms with Gasteiger partial charge in [-0.15, -0.1) is 0 Å². The number of carbonyl (C=O) groups excluding carboxylic acids is 1. The molecule has 10 heavy (non-hydrogen) atoms. The maximum atomic E-state index is 10.9. The van der Waals surface area contributed by atoms with E-state index in [9.17, 15) is 4.79 Å². The van der Waals surface area contributed by atoms with Crippen molar-refractivity contribution >= 4 is 11.6 Å². The van der Waals surface area contributed by atoms with Gasteiger partial charge in [0.2, 0.25) is 5.91 Å². The van der Waals surface area contributed by atoms with E-state index < -0.39 is 0 Å². The van der Waals surface area contributed by atoms with E-state index in [0.717, 1.165) is 12.8 Å². The summed E-state index contributed by atoms with van der Waals surface area (Å²) in [5.74, 6) is -0.00463. The minimum Gasteiger partial charge on any atom is -0.353 e. The number of hydrogen-bond donors (Lipinski definition) is 2. The van der Waals surface area contributed by atoms with Crippen LogP contribution in [0.15, 0.2) is 0 Å². The summed E-state index contributed by atoms with van der Waals surface area (Å²) < 4.78 is 0. The molecule has 0 heterocycles. The van der Waals surface area contributed by atoms with E-state index in [-0.39, 0.29) is 12.3 Å². The van der Waals surface area contributed by atoms with Crippen LogP contribution in [0.5, 0.6) is 0 Å². The molecular weight excluding hydrogens is 128 g/mol. The molecule has 0 radical (unpaired) electrons. The first kappa shape index (κ1) is 7.25. The Kier molecular flexibility index (Phi) is 2.04. The van der Waals surface area contributed by atoms with Gasteiger partial charge in [0, 0.05) is 11.8 Å². The molecule has 0 aromatic heterocycles. The lowest BCUT2D eigenvalue weighted by atomic mass is 10.3.